The summed E-state index contributed by atoms with van der Waals surface area (Å²) in [6, 6.07) is 16.3. The van der Waals surface area contributed by atoms with Gasteiger partial charge in [0.2, 0.25) is 0 Å². The Morgan fingerprint density at radius 1 is 1.07 bits per heavy atom. The number of nitrogens with one attached hydrogen (secondary N) is 2. The molecule has 2 heterocycles. The molecule has 0 spiro atoms. The van der Waals surface area contributed by atoms with E-state index in [4.69, 9.17) is 23.2 Å². The fourth-order valence-corrected chi connectivity index (χ4v) is 4.38. The van der Waals surface area contributed by atoms with Crippen LogP contribution in [0.3, 0.4) is 0 Å². The van der Waals surface area contributed by atoms with Gasteiger partial charge in [-0.15, -0.1) is 11.3 Å². The highest BCUT2D eigenvalue weighted by atomic mass is 35.5. The Hall–Kier alpha value is -2.60. The summed E-state index contributed by atoms with van der Waals surface area (Å²) < 4.78 is 0. The summed E-state index contributed by atoms with van der Waals surface area (Å²) in [5.74, 6) is 0. The Kier molecular flexibility index (Phi) is 5.72. The molecule has 0 atom stereocenters. The average molecular weight is 442 g/mol. The van der Waals surface area contributed by atoms with Crippen molar-refractivity contribution in [2.24, 2.45) is 0 Å². The molecule has 146 valence electrons. The number of amides is 2. The number of hydrogen-bond donors (Lipinski definition) is 2. The molecule has 2 aromatic heterocycles. The van der Waals surface area contributed by atoms with Crippen LogP contribution in [0.25, 0.3) is 21.3 Å². The van der Waals surface area contributed by atoms with Crippen molar-refractivity contribution in [2.75, 3.05) is 10.6 Å². The molecule has 29 heavy (non-hydrogen) atoms. The summed E-state index contributed by atoms with van der Waals surface area (Å²) in [7, 11) is 0. The number of rotatable bonds is 4. The normalized spacial score (nSPS) is 10.9. The van der Waals surface area contributed by atoms with Crippen LogP contribution in [0, 0.1) is 0 Å². The molecule has 0 saturated carbocycles. The summed E-state index contributed by atoms with van der Waals surface area (Å²) in [6.07, 6.45) is 2.60. The van der Waals surface area contributed by atoms with E-state index >= 15 is 0 Å². The van der Waals surface area contributed by atoms with Crippen molar-refractivity contribution in [1.29, 1.82) is 0 Å². The van der Waals surface area contributed by atoms with E-state index in [1.807, 2.05) is 24.3 Å². The molecular formula is C22H17Cl2N3OS. The van der Waals surface area contributed by atoms with E-state index in [9.17, 15) is 4.79 Å². The number of pyridine rings is 1. The third-order valence-corrected chi connectivity index (χ3v) is 6.22. The molecule has 0 unspecified atom stereocenters. The number of hydrogen-bond acceptors (Lipinski definition) is 3. The van der Waals surface area contributed by atoms with Gasteiger partial charge in [0.05, 0.1) is 11.9 Å². The van der Waals surface area contributed by atoms with Crippen LogP contribution in [-0.4, -0.2) is 11.0 Å². The van der Waals surface area contributed by atoms with E-state index in [0.717, 1.165) is 27.8 Å². The van der Waals surface area contributed by atoms with Crippen LogP contribution in [0.1, 0.15) is 11.8 Å². The van der Waals surface area contributed by atoms with Crippen molar-refractivity contribution >= 4 is 62.2 Å². The number of urea groups is 1. The monoisotopic (exact) mass is 441 g/mol. The highest BCUT2D eigenvalue weighted by Crippen LogP contribution is 2.41. The highest BCUT2D eigenvalue weighted by Gasteiger charge is 2.17. The molecule has 2 aromatic carbocycles. The van der Waals surface area contributed by atoms with Crippen LogP contribution < -0.4 is 10.6 Å². The summed E-state index contributed by atoms with van der Waals surface area (Å²) in [4.78, 5) is 19.3. The Balaban J connectivity index is 1.75. The molecule has 4 aromatic rings. The largest absolute Gasteiger partial charge is 0.323 e. The van der Waals surface area contributed by atoms with Crippen LogP contribution in [-0.2, 0) is 6.42 Å². The van der Waals surface area contributed by atoms with Gasteiger partial charge in [-0.25, -0.2) is 9.78 Å². The van der Waals surface area contributed by atoms with Gasteiger partial charge >= 0.3 is 6.03 Å². The van der Waals surface area contributed by atoms with E-state index < -0.39 is 0 Å². The molecule has 0 aliphatic carbocycles. The number of nitrogens with zero attached hydrogens (tertiary/aromatic N) is 1. The Labute approximate surface area is 182 Å². The van der Waals surface area contributed by atoms with Gasteiger partial charge in [-0.1, -0.05) is 48.3 Å². The maximum Gasteiger partial charge on any atom is 0.323 e. The van der Waals surface area contributed by atoms with E-state index in [2.05, 4.69) is 28.6 Å². The smallest absolute Gasteiger partial charge is 0.308 e. The first-order valence-electron chi connectivity index (χ1n) is 9.05. The van der Waals surface area contributed by atoms with Gasteiger partial charge < -0.3 is 10.6 Å². The Morgan fingerprint density at radius 2 is 1.83 bits per heavy atom. The lowest BCUT2D eigenvalue weighted by Crippen LogP contribution is -2.20. The Morgan fingerprint density at radius 3 is 2.55 bits per heavy atom. The second kappa shape index (κ2) is 8.41. The zero-order chi connectivity index (χ0) is 20.4. The molecule has 2 amide bonds. The van der Waals surface area contributed by atoms with Gasteiger partial charge in [0.25, 0.3) is 0 Å². The van der Waals surface area contributed by atoms with Crippen LogP contribution in [0.2, 0.25) is 10.0 Å². The summed E-state index contributed by atoms with van der Waals surface area (Å²) in [5.41, 5.74) is 2.95. The SMILES string of the molecule is CCc1cc2c(-c3ccccc3Cl)c(NC(=O)Nc3ccc(Cl)cc3)cnc2s1. The number of carbonyl (C=O) groups is 1. The van der Waals surface area contributed by atoms with Crippen molar-refractivity contribution in [2.45, 2.75) is 13.3 Å². The van der Waals surface area contributed by atoms with Gasteiger partial charge in [0.1, 0.15) is 4.83 Å². The van der Waals surface area contributed by atoms with Crippen LogP contribution in [0.5, 0.6) is 0 Å². The number of halogens is 2. The zero-order valence-electron chi connectivity index (χ0n) is 15.5. The van der Waals surface area contributed by atoms with Crippen molar-refractivity contribution in [3.05, 3.63) is 75.7 Å². The molecule has 0 saturated heterocycles. The Bertz CT molecular complexity index is 1190. The number of aromatic nitrogens is 1. The van der Waals surface area contributed by atoms with E-state index in [-0.39, 0.29) is 6.03 Å². The number of thiophene rings is 1. The minimum absolute atomic E-state index is 0.368. The quantitative estimate of drug-likeness (QED) is 0.344. The molecule has 4 rings (SSSR count). The standard InChI is InChI=1S/C22H17Cl2N3OS/c1-2-15-11-17-20(16-5-3-4-6-18(16)24)19(12-25-21(17)29-15)27-22(28)26-14-9-7-13(23)8-10-14/h3-12H,2H2,1H3,(H2,26,27,28). The molecule has 0 aliphatic heterocycles. The van der Waals surface area contributed by atoms with Gasteiger partial charge in [0.15, 0.2) is 0 Å². The molecule has 7 heteroatoms. The number of aryl methyl sites for hydroxylation is 1. The third kappa shape index (κ3) is 4.22. The summed E-state index contributed by atoms with van der Waals surface area (Å²) >= 11 is 14.0. The minimum atomic E-state index is -0.368. The van der Waals surface area contributed by atoms with Crippen LogP contribution in [0.4, 0.5) is 16.2 Å². The minimum Gasteiger partial charge on any atom is -0.308 e. The molecule has 0 fully saturated rings. The van der Waals surface area contributed by atoms with Gasteiger partial charge in [-0.3, -0.25) is 0 Å². The van der Waals surface area contributed by atoms with E-state index in [1.54, 1.807) is 41.8 Å². The van der Waals surface area contributed by atoms with Gasteiger partial charge in [-0.05, 0) is 42.8 Å². The fourth-order valence-electron chi connectivity index (χ4n) is 3.08. The molecule has 0 bridgehead atoms. The first-order valence-corrected chi connectivity index (χ1v) is 10.6. The number of benzene rings is 2. The lowest BCUT2D eigenvalue weighted by atomic mass is 10.0. The van der Waals surface area contributed by atoms with Gasteiger partial charge in [-0.2, -0.15) is 0 Å². The second-order valence-corrected chi connectivity index (χ2v) is 8.36. The van der Waals surface area contributed by atoms with Crippen molar-refractivity contribution in [3.8, 4) is 11.1 Å². The summed E-state index contributed by atoms with van der Waals surface area (Å²) in [5, 5.41) is 7.93. The van der Waals surface area contributed by atoms with Crippen LogP contribution in [0.15, 0.2) is 60.8 Å². The highest BCUT2D eigenvalue weighted by molar-refractivity contribution is 7.18. The lowest BCUT2D eigenvalue weighted by Gasteiger charge is -2.14. The summed E-state index contributed by atoms with van der Waals surface area (Å²) in [6.45, 7) is 2.11. The number of fused-ring (bicyclic) bond motifs is 1. The first-order chi connectivity index (χ1) is 14.0. The second-order valence-electron chi connectivity index (χ2n) is 6.40. The average Bonchev–Trinajstić information content (AvgIpc) is 3.14. The number of carbonyl (C=O) groups excluding carboxylic acids is 1. The van der Waals surface area contributed by atoms with Crippen molar-refractivity contribution in [1.82, 2.24) is 4.98 Å². The fraction of sp³-hybridized carbons (Fsp3) is 0.0909. The maximum atomic E-state index is 12.6. The molecule has 0 radical (unpaired) electrons. The van der Waals surface area contributed by atoms with E-state index in [0.29, 0.717) is 21.4 Å². The van der Waals surface area contributed by atoms with Gasteiger partial charge in [0, 0.05) is 37.1 Å². The molecular weight excluding hydrogens is 425 g/mol. The van der Waals surface area contributed by atoms with Crippen LogP contribution >= 0.6 is 34.5 Å². The van der Waals surface area contributed by atoms with Crippen molar-refractivity contribution in [3.63, 3.8) is 0 Å². The first kappa shape index (κ1) is 19.7. The third-order valence-electron chi connectivity index (χ3n) is 4.46. The predicted molar refractivity (Wildman–Crippen MR) is 124 cm³/mol. The van der Waals surface area contributed by atoms with Crippen molar-refractivity contribution < 1.29 is 4.79 Å². The number of anilines is 2. The zero-order valence-corrected chi connectivity index (χ0v) is 17.8. The lowest BCUT2D eigenvalue weighted by molar-refractivity contribution is 0.262. The topological polar surface area (TPSA) is 54.0 Å². The molecule has 4 nitrogen and oxygen atoms in total. The molecule has 0 aliphatic rings. The molecule has 2 N–H and O–H groups in total. The maximum absolute atomic E-state index is 12.6. The predicted octanol–water partition coefficient (Wildman–Crippen LogP) is 7.48. The van der Waals surface area contributed by atoms with E-state index in [1.165, 1.54) is 4.88 Å².